The summed E-state index contributed by atoms with van der Waals surface area (Å²) in [6.45, 7) is 16.2. The molecule has 0 aromatic heterocycles. The van der Waals surface area contributed by atoms with Crippen molar-refractivity contribution in [2.45, 2.75) is 87.0 Å². The van der Waals surface area contributed by atoms with E-state index in [1.807, 2.05) is 0 Å². The molecule has 0 heterocycles. The van der Waals surface area contributed by atoms with Crippen LogP contribution in [0.15, 0.2) is 23.3 Å². The topological polar surface area (TPSA) is 0 Å². The molecule has 0 N–H and O–H groups in total. The van der Waals surface area contributed by atoms with Crippen molar-refractivity contribution in [1.82, 2.24) is 0 Å². The van der Waals surface area contributed by atoms with Gasteiger partial charge < -0.3 is 0 Å². The molecule has 2 rings (SSSR count). The summed E-state index contributed by atoms with van der Waals surface area (Å²) in [5.74, 6) is 4.51. The lowest BCUT2D eigenvalue weighted by Gasteiger charge is -2.32. The molecule has 0 spiro atoms. The van der Waals surface area contributed by atoms with Crippen molar-refractivity contribution in [1.29, 1.82) is 0 Å². The largest absolute Gasteiger partial charge is 0.0822 e. The van der Waals surface area contributed by atoms with Crippen LogP contribution >= 0.6 is 0 Å². The highest BCUT2D eigenvalue weighted by Crippen LogP contribution is 2.36. The van der Waals surface area contributed by atoms with E-state index >= 15 is 0 Å². The highest BCUT2D eigenvalue weighted by atomic mass is 14.3. The molecule has 0 bridgehead atoms. The first kappa shape index (κ1) is 19.5. The maximum absolute atomic E-state index is 2.52. The van der Waals surface area contributed by atoms with Crippen LogP contribution in [-0.4, -0.2) is 0 Å². The van der Waals surface area contributed by atoms with Crippen LogP contribution in [0.2, 0.25) is 0 Å². The van der Waals surface area contributed by atoms with Crippen molar-refractivity contribution in [3.63, 3.8) is 0 Å². The molecule has 22 heavy (non-hydrogen) atoms. The maximum atomic E-state index is 2.52. The highest BCUT2D eigenvalue weighted by Gasteiger charge is 2.24. The first-order valence-electron chi connectivity index (χ1n) is 9.82. The summed E-state index contributed by atoms with van der Waals surface area (Å²) in [6.07, 6.45) is 13.1. The minimum atomic E-state index is 0.831. The van der Waals surface area contributed by atoms with Crippen molar-refractivity contribution in [3.8, 4) is 0 Å². The molecule has 0 saturated heterocycles. The summed E-state index contributed by atoms with van der Waals surface area (Å²) in [6, 6.07) is 0. The van der Waals surface area contributed by atoms with Crippen LogP contribution in [-0.2, 0) is 0 Å². The highest BCUT2D eigenvalue weighted by molar-refractivity contribution is 5.11. The first-order valence-corrected chi connectivity index (χ1v) is 9.82. The smallest absolute Gasteiger partial charge is 0.0202 e. The van der Waals surface area contributed by atoms with Gasteiger partial charge in [-0.25, -0.2) is 0 Å². The molecule has 2 aliphatic carbocycles. The van der Waals surface area contributed by atoms with Crippen molar-refractivity contribution in [2.24, 2.45) is 29.6 Å². The predicted octanol–water partition coefficient (Wildman–Crippen LogP) is 7.41. The molecule has 0 radical (unpaired) electrons. The molecule has 0 aliphatic heterocycles. The molecule has 2 aliphatic rings. The molecule has 0 fully saturated rings. The van der Waals surface area contributed by atoms with Gasteiger partial charge in [0.1, 0.15) is 0 Å². The van der Waals surface area contributed by atoms with Crippen LogP contribution in [0.25, 0.3) is 0 Å². The van der Waals surface area contributed by atoms with E-state index in [0.29, 0.717) is 0 Å². The molecular formula is C22H40. The van der Waals surface area contributed by atoms with E-state index in [1.54, 1.807) is 11.1 Å². The Morgan fingerprint density at radius 2 is 1.36 bits per heavy atom. The molecular weight excluding hydrogens is 264 g/mol. The van der Waals surface area contributed by atoms with E-state index in [9.17, 15) is 0 Å². The van der Waals surface area contributed by atoms with Crippen LogP contribution < -0.4 is 0 Å². The Kier molecular flexibility index (Phi) is 8.50. The van der Waals surface area contributed by atoms with Gasteiger partial charge in [-0.1, -0.05) is 70.8 Å². The zero-order valence-electron chi connectivity index (χ0n) is 16.3. The predicted molar refractivity (Wildman–Crippen MR) is 101 cm³/mol. The van der Waals surface area contributed by atoms with E-state index in [1.165, 1.54) is 38.5 Å². The van der Waals surface area contributed by atoms with E-state index in [-0.39, 0.29) is 0 Å². The van der Waals surface area contributed by atoms with Gasteiger partial charge in [-0.15, -0.1) is 0 Å². The molecule has 0 aromatic rings. The van der Waals surface area contributed by atoms with Gasteiger partial charge >= 0.3 is 0 Å². The van der Waals surface area contributed by atoms with Gasteiger partial charge in [-0.3, -0.25) is 0 Å². The van der Waals surface area contributed by atoms with Crippen LogP contribution in [0.4, 0.5) is 0 Å². The van der Waals surface area contributed by atoms with Gasteiger partial charge in [0.25, 0.3) is 0 Å². The number of allylic oxidation sites excluding steroid dienone is 4. The van der Waals surface area contributed by atoms with Crippen molar-refractivity contribution in [2.75, 3.05) is 0 Å². The summed E-state index contributed by atoms with van der Waals surface area (Å²) in [5, 5.41) is 0. The summed E-state index contributed by atoms with van der Waals surface area (Å²) in [5.41, 5.74) is 3.23. The summed E-state index contributed by atoms with van der Waals surface area (Å²) in [7, 11) is 0. The van der Waals surface area contributed by atoms with Crippen molar-refractivity contribution >= 4 is 0 Å². The second-order valence-electron chi connectivity index (χ2n) is 7.75. The van der Waals surface area contributed by atoms with E-state index < -0.39 is 0 Å². The van der Waals surface area contributed by atoms with Gasteiger partial charge in [0, 0.05) is 0 Å². The second-order valence-corrected chi connectivity index (χ2v) is 7.75. The van der Waals surface area contributed by atoms with Crippen LogP contribution in [0.1, 0.15) is 87.0 Å². The average Bonchev–Trinajstić information content (AvgIpc) is 2.90. The van der Waals surface area contributed by atoms with E-state index in [4.69, 9.17) is 0 Å². The Labute approximate surface area is 140 Å². The fraction of sp³-hybridized carbons (Fsp3) is 0.818. The van der Waals surface area contributed by atoms with Gasteiger partial charge in [0.15, 0.2) is 0 Å². The fourth-order valence-corrected chi connectivity index (χ4v) is 4.41. The lowest BCUT2D eigenvalue weighted by Crippen LogP contribution is -2.20. The second kappa shape index (κ2) is 9.58. The third kappa shape index (κ3) is 5.28. The Hall–Kier alpha value is -0.520. The SMILES string of the molecule is CC[C@H]1CC(C)=C[C@H]1CC.CC[C@H]1CC(C)C(C)=C[C@H]1CC. The summed E-state index contributed by atoms with van der Waals surface area (Å²) < 4.78 is 0. The molecule has 0 heteroatoms. The molecule has 0 saturated carbocycles. The third-order valence-electron chi connectivity index (χ3n) is 6.20. The van der Waals surface area contributed by atoms with Crippen molar-refractivity contribution in [3.05, 3.63) is 23.3 Å². The molecule has 0 nitrogen and oxygen atoms in total. The Morgan fingerprint density at radius 3 is 1.82 bits per heavy atom. The number of hydrogen-bond donors (Lipinski definition) is 0. The van der Waals surface area contributed by atoms with Gasteiger partial charge in [-0.05, 0) is 69.1 Å². The quantitative estimate of drug-likeness (QED) is 0.474. The lowest BCUT2D eigenvalue weighted by atomic mass is 9.74. The molecule has 0 amide bonds. The molecule has 1 unspecified atom stereocenters. The zero-order valence-corrected chi connectivity index (χ0v) is 16.3. The normalized spacial score (nSPS) is 34.6. The molecule has 0 aromatic carbocycles. The summed E-state index contributed by atoms with van der Waals surface area (Å²) in [4.78, 5) is 0. The monoisotopic (exact) mass is 304 g/mol. The Balaban J connectivity index is 0.000000224. The maximum Gasteiger partial charge on any atom is -0.0202 e. The van der Waals surface area contributed by atoms with Crippen LogP contribution in [0.5, 0.6) is 0 Å². The number of rotatable bonds is 4. The van der Waals surface area contributed by atoms with Crippen molar-refractivity contribution < 1.29 is 0 Å². The number of hydrogen-bond acceptors (Lipinski definition) is 0. The fourth-order valence-electron chi connectivity index (χ4n) is 4.41. The molecule has 128 valence electrons. The Morgan fingerprint density at radius 1 is 0.818 bits per heavy atom. The van der Waals surface area contributed by atoms with E-state index in [2.05, 4.69) is 60.6 Å². The van der Waals surface area contributed by atoms with Crippen LogP contribution in [0.3, 0.4) is 0 Å². The minimum absolute atomic E-state index is 0.831. The Bertz CT molecular complexity index is 373. The van der Waals surface area contributed by atoms with Gasteiger partial charge in [-0.2, -0.15) is 0 Å². The van der Waals surface area contributed by atoms with E-state index in [0.717, 1.165) is 29.6 Å². The first-order chi connectivity index (χ1) is 10.5. The zero-order chi connectivity index (χ0) is 16.7. The summed E-state index contributed by atoms with van der Waals surface area (Å²) >= 11 is 0. The lowest BCUT2D eigenvalue weighted by molar-refractivity contribution is 0.293. The van der Waals surface area contributed by atoms with Gasteiger partial charge in [0.05, 0.1) is 0 Å². The average molecular weight is 305 g/mol. The van der Waals surface area contributed by atoms with Crippen LogP contribution in [0, 0.1) is 29.6 Å². The van der Waals surface area contributed by atoms with Gasteiger partial charge in [0.2, 0.25) is 0 Å². The minimum Gasteiger partial charge on any atom is -0.0822 e. The third-order valence-corrected chi connectivity index (χ3v) is 6.20. The standard InChI is InChI=1S/C12H22.C10H18/c1-5-11-7-9(3)10(4)8-12(11)6-2;1-4-9-6-8(3)7-10(9)5-2/h7,10-12H,5-6,8H2,1-4H3;6,9-10H,4-5,7H2,1-3H3/t10?,11-,12+;9-,10+/m11/s1. The molecule has 5 atom stereocenters.